The van der Waals surface area contributed by atoms with Gasteiger partial charge in [-0.15, -0.1) is 11.3 Å². The molecule has 1 aromatic heterocycles. The summed E-state index contributed by atoms with van der Waals surface area (Å²) in [7, 11) is 1.98. The Labute approximate surface area is 127 Å². The highest BCUT2D eigenvalue weighted by molar-refractivity contribution is 9.10. The molecule has 0 spiro atoms. The van der Waals surface area contributed by atoms with Crippen LogP contribution in [0.15, 0.2) is 28.7 Å². The molecule has 102 valence electrons. The van der Waals surface area contributed by atoms with Gasteiger partial charge in [0, 0.05) is 22.3 Å². The largest absolute Gasteiger partial charge is 0.315 e. The van der Waals surface area contributed by atoms with E-state index in [1.54, 1.807) is 0 Å². The second kappa shape index (κ2) is 6.64. The Morgan fingerprint density at radius 2 is 1.95 bits per heavy atom. The normalized spacial score (nSPS) is 11.2. The molecule has 1 heterocycles. The number of aromatic nitrogens is 1. The van der Waals surface area contributed by atoms with Crippen LogP contribution in [0.4, 0.5) is 0 Å². The molecule has 0 fully saturated rings. The number of nitrogens with zero attached hydrogens (tertiary/aromatic N) is 1. The lowest BCUT2D eigenvalue weighted by atomic mass is 10.1. The van der Waals surface area contributed by atoms with Crippen LogP contribution < -0.4 is 5.32 Å². The highest BCUT2D eigenvalue weighted by Crippen LogP contribution is 2.26. The van der Waals surface area contributed by atoms with Crippen molar-refractivity contribution >= 4 is 27.3 Å². The van der Waals surface area contributed by atoms with Gasteiger partial charge in [0.05, 0.1) is 10.7 Å². The SMILES string of the molecule is CNCc1sc(Cc2ccc(Br)cc2)nc1C(C)C. The van der Waals surface area contributed by atoms with Gasteiger partial charge in [0.1, 0.15) is 0 Å². The number of hydrogen-bond donors (Lipinski definition) is 1. The second-order valence-electron chi connectivity index (χ2n) is 4.90. The molecule has 2 nitrogen and oxygen atoms in total. The Bertz CT molecular complexity index is 532. The Balaban J connectivity index is 2.20. The van der Waals surface area contributed by atoms with Crippen molar-refractivity contribution in [1.29, 1.82) is 0 Å². The minimum absolute atomic E-state index is 0.485. The fourth-order valence-electron chi connectivity index (χ4n) is 2.00. The highest BCUT2D eigenvalue weighted by atomic mass is 79.9. The summed E-state index contributed by atoms with van der Waals surface area (Å²) in [6.07, 6.45) is 0.918. The van der Waals surface area contributed by atoms with E-state index in [1.165, 1.54) is 21.1 Å². The van der Waals surface area contributed by atoms with Crippen LogP contribution in [0.1, 0.15) is 40.9 Å². The van der Waals surface area contributed by atoms with E-state index in [-0.39, 0.29) is 0 Å². The summed E-state index contributed by atoms with van der Waals surface area (Å²) in [5.74, 6) is 0.485. The molecule has 1 N–H and O–H groups in total. The molecular formula is C15H19BrN2S. The molecule has 0 aliphatic rings. The molecule has 0 amide bonds. The van der Waals surface area contributed by atoms with Gasteiger partial charge < -0.3 is 5.32 Å². The molecule has 0 unspecified atom stereocenters. The molecule has 0 bridgehead atoms. The van der Waals surface area contributed by atoms with E-state index >= 15 is 0 Å². The molecule has 2 aromatic rings. The van der Waals surface area contributed by atoms with Gasteiger partial charge in [-0.25, -0.2) is 4.98 Å². The molecular weight excluding hydrogens is 320 g/mol. The van der Waals surface area contributed by atoms with Crippen molar-refractivity contribution < 1.29 is 0 Å². The Hall–Kier alpha value is -0.710. The first-order valence-corrected chi connectivity index (χ1v) is 8.08. The average Bonchev–Trinajstić information content (AvgIpc) is 2.76. The van der Waals surface area contributed by atoms with Crippen LogP contribution >= 0.6 is 27.3 Å². The lowest BCUT2D eigenvalue weighted by molar-refractivity contribution is 0.768. The smallest absolute Gasteiger partial charge is 0.0975 e. The van der Waals surface area contributed by atoms with Crippen molar-refractivity contribution in [2.45, 2.75) is 32.7 Å². The minimum Gasteiger partial charge on any atom is -0.315 e. The van der Waals surface area contributed by atoms with Gasteiger partial charge in [-0.3, -0.25) is 0 Å². The first-order valence-electron chi connectivity index (χ1n) is 6.47. The number of thiazole rings is 1. The topological polar surface area (TPSA) is 24.9 Å². The van der Waals surface area contributed by atoms with Gasteiger partial charge in [-0.05, 0) is 30.7 Å². The monoisotopic (exact) mass is 338 g/mol. The third-order valence-electron chi connectivity index (χ3n) is 2.92. The van der Waals surface area contributed by atoms with Gasteiger partial charge in [0.25, 0.3) is 0 Å². The standard InChI is InChI=1S/C15H19BrN2S/c1-10(2)15-13(9-17-3)19-14(18-15)8-11-4-6-12(16)7-5-11/h4-7,10,17H,8-9H2,1-3H3. The molecule has 1 aromatic carbocycles. The molecule has 0 saturated carbocycles. The maximum atomic E-state index is 4.81. The molecule has 0 aliphatic carbocycles. The van der Waals surface area contributed by atoms with E-state index < -0.39 is 0 Å². The Morgan fingerprint density at radius 1 is 1.26 bits per heavy atom. The lowest BCUT2D eigenvalue weighted by Gasteiger charge is -2.03. The molecule has 0 saturated heterocycles. The zero-order valence-electron chi connectivity index (χ0n) is 11.5. The molecule has 19 heavy (non-hydrogen) atoms. The molecule has 2 rings (SSSR count). The number of rotatable bonds is 5. The number of hydrogen-bond acceptors (Lipinski definition) is 3. The van der Waals surface area contributed by atoms with Crippen LogP contribution in [-0.4, -0.2) is 12.0 Å². The van der Waals surface area contributed by atoms with Gasteiger partial charge >= 0.3 is 0 Å². The average molecular weight is 339 g/mol. The summed E-state index contributed by atoms with van der Waals surface area (Å²) in [6.45, 7) is 5.32. The van der Waals surface area contributed by atoms with Crippen molar-refractivity contribution in [2.75, 3.05) is 7.05 Å². The Kier molecular flexibility index (Phi) is 5.13. The van der Waals surface area contributed by atoms with E-state index in [0.29, 0.717) is 5.92 Å². The second-order valence-corrected chi connectivity index (χ2v) is 6.99. The fourth-order valence-corrected chi connectivity index (χ4v) is 3.54. The predicted octanol–water partition coefficient (Wildman–Crippen LogP) is 4.34. The first-order chi connectivity index (χ1) is 9.10. The quantitative estimate of drug-likeness (QED) is 0.877. The van der Waals surface area contributed by atoms with Crippen molar-refractivity contribution in [1.82, 2.24) is 10.3 Å². The van der Waals surface area contributed by atoms with Gasteiger partial charge in [-0.2, -0.15) is 0 Å². The summed E-state index contributed by atoms with van der Waals surface area (Å²) in [6, 6.07) is 8.47. The van der Waals surface area contributed by atoms with Gasteiger partial charge in [-0.1, -0.05) is 41.9 Å². The van der Waals surface area contributed by atoms with E-state index in [4.69, 9.17) is 4.98 Å². The van der Waals surface area contributed by atoms with Crippen LogP contribution in [0, 0.1) is 0 Å². The summed E-state index contributed by atoms with van der Waals surface area (Å²) < 4.78 is 1.12. The molecule has 4 heteroatoms. The third kappa shape index (κ3) is 3.88. The number of benzene rings is 1. The molecule has 0 aliphatic heterocycles. The highest BCUT2D eigenvalue weighted by Gasteiger charge is 2.13. The van der Waals surface area contributed by atoms with E-state index in [9.17, 15) is 0 Å². The van der Waals surface area contributed by atoms with Crippen LogP contribution in [-0.2, 0) is 13.0 Å². The molecule has 0 radical (unpaired) electrons. The minimum atomic E-state index is 0.485. The van der Waals surface area contributed by atoms with Crippen molar-refractivity contribution in [3.63, 3.8) is 0 Å². The fraction of sp³-hybridized carbons (Fsp3) is 0.400. The summed E-state index contributed by atoms with van der Waals surface area (Å²) in [5, 5.41) is 4.43. The van der Waals surface area contributed by atoms with E-state index in [1.807, 2.05) is 18.4 Å². The van der Waals surface area contributed by atoms with Crippen molar-refractivity contribution in [2.24, 2.45) is 0 Å². The van der Waals surface area contributed by atoms with Crippen LogP contribution in [0.5, 0.6) is 0 Å². The molecule has 0 atom stereocenters. The number of halogens is 1. The summed E-state index contributed by atoms with van der Waals surface area (Å²) >= 11 is 5.29. The maximum Gasteiger partial charge on any atom is 0.0975 e. The van der Waals surface area contributed by atoms with Crippen molar-refractivity contribution in [3.05, 3.63) is 49.9 Å². The van der Waals surface area contributed by atoms with E-state index in [0.717, 1.165) is 17.4 Å². The summed E-state index contributed by atoms with van der Waals surface area (Å²) in [4.78, 5) is 6.18. The third-order valence-corrected chi connectivity index (χ3v) is 4.52. The van der Waals surface area contributed by atoms with Gasteiger partial charge in [0.2, 0.25) is 0 Å². The van der Waals surface area contributed by atoms with Crippen LogP contribution in [0.25, 0.3) is 0 Å². The number of nitrogens with one attached hydrogen (secondary N) is 1. The zero-order chi connectivity index (χ0) is 13.8. The van der Waals surface area contributed by atoms with Gasteiger partial charge in [0.15, 0.2) is 0 Å². The zero-order valence-corrected chi connectivity index (χ0v) is 13.9. The van der Waals surface area contributed by atoms with E-state index in [2.05, 4.69) is 59.4 Å². The maximum absolute atomic E-state index is 4.81. The Morgan fingerprint density at radius 3 is 2.53 bits per heavy atom. The predicted molar refractivity (Wildman–Crippen MR) is 85.9 cm³/mol. The summed E-state index contributed by atoms with van der Waals surface area (Å²) in [5.41, 5.74) is 2.55. The van der Waals surface area contributed by atoms with Crippen molar-refractivity contribution in [3.8, 4) is 0 Å². The van der Waals surface area contributed by atoms with Crippen LogP contribution in [0.2, 0.25) is 0 Å². The van der Waals surface area contributed by atoms with Crippen LogP contribution in [0.3, 0.4) is 0 Å². The first kappa shape index (κ1) is 14.7. The lowest BCUT2D eigenvalue weighted by Crippen LogP contribution is -2.06.